The van der Waals surface area contributed by atoms with Crippen molar-refractivity contribution in [2.45, 2.75) is 0 Å². The van der Waals surface area contributed by atoms with Crippen LogP contribution in [0.1, 0.15) is 5.56 Å². The van der Waals surface area contributed by atoms with Gasteiger partial charge in [-0.15, -0.1) is 0 Å². The molecule has 1 rings (SSSR count). The number of aromatic nitrogens is 1. The number of rotatable bonds is 2. The van der Waals surface area contributed by atoms with E-state index < -0.39 is 0 Å². The van der Waals surface area contributed by atoms with Crippen molar-refractivity contribution >= 4 is 5.82 Å². The monoisotopic (exact) mass is 145 g/mol. The first-order chi connectivity index (χ1) is 5.36. The van der Waals surface area contributed by atoms with Crippen molar-refractivity contribution in [2.24, 2.45) is 0 Å². The zero-order valence-electron chi connectivity index (χ0n) is 5.91. The average Bonchev–Trinajstić information content (AvgIpc) is 2.07. The molecule has 0 fully saturated rings. The summed E-state index contributed by atoms with van der Waals surface area (Å²) in [6.07, 6.45) is 3.04. The smallest absolute Gasteiger partial charge is 0.129 e. The van der Waals surface area contributed by atoms with E-state index in [4.69, 9.17) is 5.26 Å². The molecule has 0 aliphatic heterocycles. The fourth-order valence-electron chi connectivity index (χ4n) is 0.650. The third-order valence-corrected chi connectivity index (χ3v) is 1.14. The third kappa shape index (κ3) is 1.80. The molecular weight excluding hydrogens is 138 g/mol. The molecule has 0 spiro atoms. The van der Waals surface area contributed by atoms with Gasteiger partial charge in [0.15, 0.2) is 0 Å². The van der Waals surface area contributed by atoms with Crippen LogP contribution in [0.4, 0.5) is 5.82 Å². The van der Waals surface area contributed by atoms with Crippen LogP contribution in [0.2, 0.25) is 0 Å². The van der Waals surface area contributed by atoms with Crippen molar-refractivity contribution in [1.29, 1.82) is 5.26 Å². The molecule has 0 aliphatic carbocycles. The second-order valence-electron chi connectivity index (χ2n) is 1.89. The summed E-state index contributed by atoms with van der Waals surface area (Å²) in [5, 5.41) is 11.2. The molecule has 1 N–H and O–H groups in total. The number of anilines is 1. The van der Waals surface area contributed by atoms with Crippen LogP contribution in [-0.4, -0.2) is 4.98 Å². The lowest BCUT2D eigenvalue weighted by Crippen LogP contribution is -1.89. The Hall–Kier alpha value is -1.82. The molecule has 0 aliphatic rings. The van der Waals surface area contributed by atoms with Crippen LogP contribution in [0.3, 0.4) is 0 Å². The molecule has 3 nitrogen and oxygen atoms in total. The van der Waals surface area contributed by atoms with Gasteiger partial charge in [0.25, 0.3) is 0 Å². The molecule has 1 heterocycles. The Morgan fingerprint density at radius 2 is 2.45 bits per heavy atom. The summed E-state index contributed by atoms with van der Waals surface area (Å²) in [7, 11) is 0. The predicted molar refractivity (Wildman–Crippen MR) is 42.8 cm³/mol. The minimum atomic E-state index is 0.555. The Balaban J connectivity index is 2.84. The van der Waals surface area contributed by atoms with Crippen LogP contribution in [0.5, 0.6) is 0 Å². The highest BCUT2D eigenvalue weighted by molar-refractivity contribution is 5.40. The van der Waals surface area contributed by atoms with Crippen molar-refractivity contribution < 1.29 is 0 Å². The number of nitrogens with one attached hydrogen (secondary N) is 1. The van der Waals surface area contributed by atoms with Crippen LogP contribution < -0.4 is 5.32 Å². The Kier molecular flexibility index (Phi) is 2.24. The molecule has 0 amide bonds. The first kappa shape index (κ1) is 7.29. The second kappa shape index (κ2) is 3.37. The molecule has 0 atom stereocenters. The van der Waals surface area contributed by atoms with E-state index in [1.807, 2.05) is 6.07 Å². The van der Waals surface area contributed by atoms with E-state index in [0.29, 0.717) is 11.4 Å². The van der Waals surface area contributed by atoms with E-state index in [2.05, 4.69) is 16.9 Å². The Labute approximate surface area is 65.0 Å². The summed E-state index contributed by atoms with van der Waals surface area (Å²) in [5.74, 6) is 0.694. The molecule has 0 saturated heterocycles. The average molecular weight is 145 g/mol. The van der Waals surface area contributed by atoms with E-state index in [-0.39, 0.29) is 0 Å². The van der Waals surface area contributed by atoms with Gasteiger partial charge in [0, 0.05) is 6.20 Å². The van der Waals surface area contributed by atoms with Gasteiger partial charge in [0.05, 0.1) is 5.56 Å². The summed E-state index contributed by atoms with van der Waals surface area (Å²) in [6.45, 7) is 3.48. The molecular formula is C8H7N3. The van der Waals surface area contributed by atoms with Crippen molar-refractivity contribution in [2.75, 3.05) is 5.32 Å². The lowest BCUT2D eigenvalue weighted by molar-refractivity contribution is 1.29. The topological polar surface area (TPSA) is 48.7 Å². The fraction of sp³-hybridized carbons (Fsp3) is 0. The first-order valence-corrected chi connectivity index (χ1v) is 3.10. The predicted octanol–water partition coefficient (Wildman–Crippen LogP) is 1.51. The first-order valence-electron chi connectivity index (χ1n) is 3.10. The molecule has 1 aromatic rings. The zero-order chi connectivity index (χ0) is 8.10. The summed E-state index contributed by atoms with van der Waals surface area (Å²) in [6, 6.07) is 5.40. The highest BCUT2D eigenvalue weighted by Crippen LogP contribution is 2.02. The quantitative estimate of drug-likeness (QED) is 0.686. The van der Waals surface area contributed by atoms with Gasteiger partial charge in [-0.05, 0) is 18.3 Å². The normalized spacial score (nSPS) is 8.27. The standard InChI is InChI=1S/C8H7N3/c1-2-10-8-4-3-7(5-9)6-11-8/h2-4,6H,1H2,(H,10,11). The van der Waals surface area contributed by atoms with Gasteiger partial charge >= 0.3 is 0 Å². The molecule has 0 aromatic carbocycles. The molecule has 0 saturated carbocycles. The maximum absolute atomic E-state index is 8.43. The third-order valence-electron chi connectivity index (χ3n) is 1.14. The molecule has 54 valence electrons. The van der Waals surface area contributed by atoms with Gasteiger partial charge in [0.2, 0.25) is 0 Å². The Bertz CT molecular complexity index is 281. The second-order valence-corrected chi connectivity index (χ2v) is 1.89. The number of pyridine rings is 1. The highest BCUT2D eigenvalue weighted by Gasteiger charge is 1.90. The van der Waals surface area contributed by atoms with Crippen LogP contribution in [0.15, 0.2) is 31.1 Å². The molecule has 0 radical (unpaired) electrons. The number of nitrogens with zero attached hydrogens (tertiary/aromatic N) is 2. The Morgan fingerprint density at radius 1 is 1.64 bits per heavy atom. The van der Waals surface area contributed by atoms with Gasteiger partial charge < -0.3 is 5.32 Å². The summed E-state index contributed by atoms with van der Waals surface area (Å²) in [4.78, 5) is 3.93. The maximum Gasteiger partial charge on any atom is 0.129 e. The zero-order valence-corrected chi connectivity index (χ0v) is 5.91. The van der Waals surface area contributed by atoms with Crippen LogP contribution in [-0.2, 0) is 0 Å². The van der Waals surface area contributed by atoms with Crippen molar-refractivity contribution in [3.8, 4) is 6.07 Å². The molecule has 0 unspecified atom stereocenters. The van der Waals surface area contributed by atoms with Crippen LogP contribution in [0, 0.1) is 11.3 Å². The molecule has 1 aromatic heterocycles. The van der Waals surface area contributed by atoms with Gasteiger partial charge in [-0.3, -0.25) is 0 Å². The lowest BCUT2D eigenvalue weighted by Gasteiger charge is -1.96. The van der Waals surface area contributed by atoms with E-state index in [1.165, 1.54) is 12.4 Å². The Morgan fingerprint density at radius 3 is 2.91 bits per heavy atom. The molecule has 0 bridgehead atoms. The summed E-state index contributed by atoms with van der Waals surface area (Å²) >= 11 is 0. The van der Waals surface area contributed by atoms with Gasteiger partial charge in [-0.25, -0.2) is 4.98 Å². The molecule has 3 heteroatoms. The lowest BCUT2D eigenvalue weighted by atomic mass is 10.3. The number of hydrogen-bond donors (Lipinski definition) is 1. The van der Waals surface area contributed by atoms with E-state index >= 15 is 0 Å². The van der Waals surface area contributed by atoms with Crippen molar-refractivity contribution in [1.82, 2.24) is 4.98 Å². The van der Waals surface area contributed by atoms with Crippen LogP contribution in [0.25, 0.3) is 0 Å². The largest absolute Gasteiger partial charge is 0.347 e. The van der Waals surface area contributed by atoms with E-state index in [1.54, 1.807) is 12.1 Å². The summed E-state index contributed by atoms with van der Waals surface area (Å²) < 4.78 is 0. The minimum absolute atomic E-state index is 0.555. The SMILES string of the molecule is C=CNc1ccc(C#N)cn1. The fourth-order valence-corrected chi connectivity index (χ4v) is 0.650. The molecule has 11 heavy (non-hydrogen) atoms. The van der Waals surface area contributed by atoms with Gasteiger partial charge in [-0.1, -0.05) is 6.58 Å². The number of hydrogen-bond acceptors (Lipinski definition) is 3. The highest BCUT2D eigenvalue weighted by atomic mass is 15.0. The van der Waals surface area contributed by atoms with Gasteiger partial charge in [0.1, 0.15) is 11.9 Å². The number of nitriles is 1. The van der Waals surface area contributed by atoms with E-state index in [0.717, 1.165) is 0 Å². The van der Waals surface area contributed by atoms with E-state index in [9.17, 15) is 0 Å². The van der Waals surface area contributed by atoms with Crippen LogP contribution >= 0.6 is 0 Å². The maximum atomic E-state index is 8.43. The summed E-state index contributed by atoms with van der Waals surface area (Å²) in [5.41, 5.74) is 0.555. The van der Waals surface area contributed by atoms with Crippen molar-refractivity contribution in [3.63, 3.8) is 0 Å². The van der Waals surface area contributed by atoms with Crippen molar-refractivity contribution in [3.05, 3.63) is 36.7 Å². The minimum Gasteiger partial charge on any atom is -0.347 e. The van der Waals surface area contributed by atoms with Gasteiger partial charge in [-0.2, -0.15) is 5.26 Å².